The fourth-order valence-corrected chi connectivity index (χ4v) is 5.94. The van der Waals surface area contributed by atoms with Crippen LogP contribution in [0.4, 0.5) is 30.7 Å². The molecule has 1 aromatic carbocycles. The molecule has 2 saturated carbocycles. The number of pyridine rings is 1. The van der Waals surface area contributed by atoms with Crippen molar-refractivity contribution in [2.75, 3.05) is 0 Å². The first kappa shape index (κ1) is 25.0. The van der Waals surface area contributed by atoms with Gasteiger partial charge in [-0.25, -0.2) is 35.7 Å². The number of aromatic nitrogens is 2. The minimum Gasteiger partial charge on any atom is -0.329 e. The lowest BCUT2D eigenvalue weighted by Gasteiger charge is -2.27. The molecule has 2 aliphatic rings. The van der Waals surface area contributed by atoms with Gasteiger partial charge in [0.2, 0.25) is 10.0 Å². The number of halogens is 7. The van der Waals surface area contributed by atoms with Crippen molar-refractivity contribution in [3.05, 3.63) is 53.2 Å². The van der Waals surface area contributed by atoms with Gasteiger partial charge in [0.1, 0.15) is 29.0 Å². The maximum absolute atomic E-state index is 15.2. The summed E-state index contributed by atoms with van der Waals surface area (Å²) >= 11 is 0. The van der Waals surface area contributed by atoms with Crippen LogP contribution >= 0.6 is 0 Å². The van der Waals surface area contributed by atoms with E-state index < -0.39 is 62.4 Å². The molecule has 0 radical (unpaired) electrons. The summed E-state index contributed by atoms with van der Waals surface area (Å²) < 4.78 is 126. The number of benzene rings is 1. The Morgan fingerprint density at radius 1 is 1.06 bits per heavy atom. The standard InChI is InChI=1S/C23H20F7N3O2S/c24-11-4-7-14(17(8-11)23(28,29)30)19-18(25)9-15-16(10-33(22(15)31-19)12-2-1-3-12)20(21(26)27)32-36(34,35)13-5-6-13/h4,7-10,12-13,20-21,32H,1-3,5-6H2. The van der Waals surface area contributed by atoms with Crippen LogP contribution in [0.1, 0.15) is 55.3 Å². The first-order valence-corrected chi connectivity index (χ1v) is 12.8. The Hall–Kier alpha value is -2.67. The lowest BCUT2D eigenvalue weighted by atomic mass is 9.93. The SMILES string of the molecule is O=S(=O)(NC(c1cn(C2CCC2)c2nc(-c3ccc(F)cc3C(F)(F)F)c(F)cc12)C(F)F)C1CC1. The van der Waals surface area contributed by atoms with Crippen molar-refractivity contribution >= 4 is 21.1 Å². The summed E-state index contributed by atoms with van der Waals surface area (Å²) in [5, 5.41) is -0.915. The molecular weight excluding hydrogens is 515 g/mol. The van der Waals surface area contributed by atoms with Crippen molar-refractivity contribution in [2.45, 2.75) is 62.0 Å². The van der Waals surface area contributed by atoms with E-state index in [1.807, 2.05) is 4.72 Å². The molecule has 194 valence electrons. The molecule has 1 atom stereocenters. The van der Waals surface area contributed by atoms with E-state index in [9.17, 15) is 34.8 Å². The van der Waals surface area contributed by atoms with Crippen LogP contribution in [0.5, 0.6) is 0 Å². The Labute approximate surface area is 201 Å². The van der Waals surface area contributed by atoms with Crippen LogP contribution in [0.15, 0.2) is 30.5 Å². The molecule has 2 aromatic heterocycles. The van der Waals surface area contributed by atoms with Crippen molar-refractivity contribution in [1.82, 2.24) is 14.3 Å². The zero-order valence-electron chi connectivity index (χ0n) is 18.5. The molecule has 5 nitrogen and oxygen atoms in total. The molecule has 0 aliphatic heterocycles. The smallest absolute Gasteiger partial charge is 0.329 e. The largest absolute Gasteiger partial charge is 0.417 e. The Balaban J connectivity index is 1.70. The highest BCUT2D eigenvalue weighted by Gasteiger charge is 2.41. The van der Waals surface area contributed by atoms with Gasteiger partial charge in [-0.3, -0.25) is 0 Å². The van der Waals surface area contributed by atoms with Crippen LogP contribution < -0.4 is 4.72 Å². The zero-order valence-corrected chi connectivity index (χ0v) is 19.3. The molecule has 0 spiro atoms. The minimum atomic E-state index is -5.01. The van der Waals surface area contributed by atoms with E-state index in [-0.39, 0.29) is 28.7 Å². The van der Waals surface area contributed by atoms with E-state index in [0.29, 0.717) is 25.7 Å². The van der Waals surface area contributed by atoms with E-state index in [1.165, 1.54) is 10.8 Å². The topological polar surface area (TPSA) is 64.0 Å². The molecule has 0 amide bonds. The predicted octanol–water partition coefficient (Wildman–Crippen LogP) is 6.11. The number of sulfonamides is 1. The second-order valence-electron chi connectivity index (χ2n) is 9.13. The number of alkyl halides is 5. The summed E-state index contributed by atoms with van der Waals surface area (Å²) in [6.07, 6.45) is -4.16. The first-order chi connectivity index (χ1) is 16.9. The third-order valence-corrected chi connectivity index (χ3v) is 8.57. The predicted molar refractivity (Wildman–Crippen MR) is 117 cm³/mol. The van der Waals surface area contributed by atoms with Crippen LogP contribution in [0.2, 0.25) is 0 Å². The monoisotopic (exact) mass is 535 g/mol. The maximum Gasteiger partial charge on any atom is 0.417 e. The summed E-state index contributed by atoms with van der Waals surface area (Å²) in [6.45, 7) is 0. The minimum absolute atomic E-state index is 0.0557. The third kappa shape index (κ3) is 4.47. The lowest BCUT2D eigenvalue weighted by Crippen LogP contribution is -2.35. The van der Waals surface area contributed by atoms with Gasteiger partial charge in [-0.15, -0.1) is 0 Å². The molecule has 0 bridgehead atoms. The van der Waals surface area contributed by atoms with Crippen LogP contribution in [0.3, 0.4) is 0 Å². The Morgan fingerprint density at radius 2 is 1.75 bits per heavy atom. The van der Waals surface area contributed by atoms with Gasteiger partial charge in [0.05, 0.1) is 10.8 Å². The summed E-state index contributed by atoms with van der Waals surface area (Å²) in [6, 6.07) is 0.303. The van der Waals surface area contributed by atoms with Gasteiger partial charge in [0.25, 0.3) is 6.43 Å². The number of fused-ring (bicyclic) bond motifs is 1. The van der Waals surface area contributed by atoms with E-state index >= 15 is 4.39 Å². The number of hydrogen-bond acceptors (Lipinski definition) is 3. The fraction of sp³-hybridized carbons (Fsp3) is 0.435. The van der Waals surface area contributed by atoms with Gasteiger partial charge in [0, 0.05) is 28.8 Å². The summed E-state index contributed by atoms with van der Waals surface area (Å²) in [4.78, 5) is 4.10. The molecule has 3 aromatic rings. The quantitative estimate of drug-likeness (QED) is 0.371. The number of hydrogen-bond donors (Lipinski definition) is 1. The van der Waals surface area contributed by atoms with Crippen molar-refractivity contribution in [1.29, 1.82) is 0 Å². The Bertz CT molecular complexity index is 1430. The van der Waals surface area contributed by atoms with Crippen molar-refractivity contribution < 1.29 is 39.2 Å². The summed E-state index contributed by atoms with van der Waals surface area (Å²) in [7, 11) is -4.05. The highest BCUT2D eigenvalue weighted by molar-refractivity contribution is 7.90. The second-order valence-corrected chi connectivity index (χ2v) is 11.1. The highest BCUT2D eigenvalue weighted by Crippen LogP contribution is 2.42. The number of nitrogens with one attached hydrogen (secondary N) is 1. The molecule has 2 aliphatic carbocycles. The third-order valence-electron chi connectivity index (χ3n) is 6.64. The molecule has 36 heavy (non-hydrogen) atoms. The van der Waals surface area contributed by atoms with Gasteiger partial charge >= 0.3 is 6.18 Å². The molecule has 0 saturated heterocycles. The molecule has 1 N–H and O–H groups in total. The second kappa shape index (κ2) is 8.72. The molecule has 2 heterocycles. The van der Waals surface area contributed by atoms with E-state index in [4.69, 9.17) is 0 Å². The molecule has 2 fully saturated rings. The normalized spacial score (nSPS) is 18.1. The molecule has 13 heteroatoms. The van der Waals surface area contributed by atoms with Crippen LogP contribution in [-0.2, 0) is 16.2 Å². The van der Waals surface area contributed by atoms with Crippen LogP contribution in [0, 0.1) is 11.6 Å². The fourth-order valence-electron chi connectivity index (χ4n) is 4.41. The van der Waals surface area contributed by atoms with E-state index in [1.54, 1.807) is 0 Å². The van der Waals surface area contributed by atoms with Crippen LogP contribution in [-0.4, -0.2) is 29.6 Å². The van der Waals surface area contributed by atoms with E-state index in [0.717, 1.165) is 24.6 Å². The average molecular weight is 535 g/mol. The molecule has 1 unspecified atom stereocenters. The van der Waals surface area contributed by atoms with Crippen molar-refractivity contribution in [3.8, 4) is 11.3 Å². The number of rotatable bonds is 7. The van der Waals surface area contributed by atoms with Gasteiger partial charge in [-0.05, 0) is 56.4 Å². The maximum atomic E-state index is 15.2. The average Bonchev–Trinajstić information content (AvgIpc) is 3.55. The van der Waals surface area contributed by atoms with Gasteiger partial charge < -0.3 is 4.57 Å². The Kier molecular flexibility index (Phi) is 6.05. The summed E-state index contributed by atoms with van der Waals surface area (Å²) in [5.41, 5.74) is -3.12. The summed E-state index contributed by atoms with van der Waals surface area (Å²) in [5.74, 6) is -2.42. The highest BCUT2D eigenvalue weighted by atomic mass is 32.2. The number of nitrogens with zero attached hydrogens (tertiary/aromatic N) is 2. The van der Waals surface area contributed by atoms with E-state index in [2.05, 4.69) is 4.98 Å². The van der Waals surface area contributed by atoms with Gasteiger partial charge in [0.15, 0.2) is 0 Å². The first-order valence-electron chi connectivity index (χ1n) is 11.2. The Morgan fingerprint density at radius 3 is 2.31 bits per heavy atom. The zero-order chi connectivity index (χ0) is 26.0. The van der Waals surface area contributed by atoms with Gasteiger partial charge in [-0.2, -0.15) is 13.2 Å². The van der Waals surface area contributed by atoms with Gasteiger partial charge in [-0.1, -0.05) is 0 Å². The van der Waals surface area contributed by atoms with Crippen molar-refractivity contribution in [2.24, 2.45) is 0 Å². The molecular formula is C23H20F7N3O2S. The van der Waals surface area contributed by atoms with Crippen LogP contribution in [0.25, 0.3) is 22.3 Å². The lowest BCUT2D eigenvalue weighted by molar-refractivity contribution is -0.137. The van der Waals surface area contributed by atoms with Crippen molar-refractivity contribution in [3.63, 3.8) is 0 Å². The molecule has 5 rings (SSSR count).